The van der Waals surface area contributed by atoms with Gasteiger partial charge in [0.2, 0.25) is 0 Å². The Morgan fingerprint density at radius 1 is 1.15 bits per heavy atom. The Labute approximate surface area is 116 Å². The highest BCUT2D eigenvalue weighted by molar-refractivity contribution is 5.31. The lowest BCUT2D eigenvalue weighted by atomic mass is 9.82. The van der Waals surface area contributed by atoms with Crippen LogP contribution in [0.5, 0.6) is 5.75 Å². The van der Waals surface area contributed by atoms with Gasteiger partial charge >= 0.3 is 6.36 Å². The van der Waals surface area contributed by atoms with Crippen molar-refractivity contribution < 1.29 is 22.6 Å². The molecule has 1 rings (SSSR count). The van der Waals surface area contributed by atoms with Gasteiger partial charge in [0.1, 0.15) is 5.75 Å². The third kappa shape index (κ3) is 4.68. The average Bonchev–Trinajstić information content (AvgIpc) is 2.25. The van der Waals surface area contributed by atoms with E-state index in [-0.39, 0.29) is 17.3 Å². The molecule has 0 radical (unpaired) electrons. The molecule has 0 aliphatic heterocycles. The fraction of sp³-hybridized carbons (Fsp3) is 0.571. The minimum Gasteiger partial charge on any atom is -0.406 e. The van der Waals surface area contributed by atoms with Gasteiger partial charge in [-0.2, -0.15) is 0 Å². The summed E-state index contributed by atoms with van der Waals surface area (Å²) in [6.07, 6.45) is -5.04. The Hall–Kier alpha value is -1.27. The van der Waals surface area contributed by atoms with Crippen LogP contribution < -0.4 is 10.5 Å². The SMILES string of the molecule is COC(C(N)c1cccc(OC(F)(F)F)c1)C(C)(C)C. The van der Waals surface area contributed by atoms with E-state index in [0.29, 0.717) is 5.56 Å². The molecule has 0 heterocycles. The molecule has 0 aromatic heterocycles. The minimum atomic E-state index is -4.71. The van der Waals surface area contributed by atoms with Gasteiger partial charge in [-0.3, -0.25) is 0 Å². The maximum absolute atomic E-state index is 12.2. The Kier molecular flexibility index (Phi) is 5.05. The standard InChI is InChI=1S/C14H20F3NO2/c1-13(2,3)12(19-4)11(18)9-6-5-7-10(8-9)20-14(15,16)17/h5-8,11-12H,18H2,1-4H3. The Morgan fingerprint density at radius 2 is 1.75 bits per heavy atom. The van der Waals surface area contributed by atoms with E-state index in [1.807, 2.05) is 20.8 Å². The van der Waals surface area contributed by atoms with E-state index in [0.717, 1.165) is 0 Å². The highest BCUT2D eigenvalue weighted by Gasteiger charge is 2.33. The topological polar surface area (TPSA) is 44.5 Å². The van der Waals surface area contributed by atoms with Crippen molar-refractivity contribution in [3.63, 3.8) is 0 Å². The van der Waals surface area contributed by atoms with Crippen LogP contribution in [0.15, 0.2) is 24.3 Å². The average molecular weight is 291 g/mol. The molecule has 0 aliphatic carbocycles. The molecule has 114 valence electrons. The van der Waals surface area contributed by atoms with E-state index in [1.165, 1.54) is 25.3 Å². The summed E-state index contributed by atoms with van der Waals surface area (Å²) in [6, 6.07) is 5.12. The molecule has 0 saturated heterocycles. The number of rotatable bonds is 4. The van der Waals surface area contributed by atoms with E-state index >= 15 is 0 Å². The fourth-order valence-corrected chi connectivity index (χ4v) is 2.13. The molecular weight excluding hydrogens is 271 g/mol. The summed E-state index contributed by atoms with van der Waals surface area (Å²) in [7, 11) is 1.53. The number of ether oxygens (including phenoxy) is 2. The second kappa shape index (κ2) is 6.01. The molecule has 0 saturated carbocycles. The van der Waals surface area contributed by atoms with Crippen LogP contribution in [0.1, 0.15) is 32.4 Å². The first-order valence-electron chi connectivity index (χ1n) is 6.18. The predicted octanol–water partition coefficient (Wildman–Crippen LogP) is 3.65. The third-order valence-corrected chi connectivity index (χ3v) is 2.91. The van der Waals surface area contributed by atoms with Crippen LogP contribution in [0.25, 0.3) is 0 Å². The van der Waals surface area contributed by atoms with Gasteiger partial charge < -0.3 is 15.2 Å². The third-order valence-electron chi connectivity index (χ3n) is 2.91. The van der Waals surface area contributed by atoms with Gasteiger partial charge in [0, 0.05) is 7.11 Å². The predicted molar refractivity (Wildman–Crippen MR) is 70.3 cm³/mol. The smallest absolute Gasteiger partial charge is 0.406 e. The van der Waals surface area contributed by atoms with E-state index in [4.69, 9.17) is 10.5 Å². The number of halogens is 3. The van der Waals surface area contributed by atoms with Gasteiger partial charge in [-0.1, -0.05) is 32.9 Å². The van der Waals surface area contributed by atoms with Crippen LogP contribution in [0.2, 0.25) is 0 Å². The maximum atomic E-state index is 12.2. The van der Waals surface area contributed by atoms with E-state index in [1.54, 1.807) is 6.07 Å². The molecule has 0 amide bonds. The summed E-state index contributed by atoms with van der Waals surface area (Å²) < 4.78 is 45.9. The van der Waals surface area contributed by atoms with Crippen LogP contribution in [0.3, 0.4) is 0 Å². The molecule has 0 bridgehead atoms. The molecule has 3 nitrogen and oxygen atoms in total. The number of methoxy groups -OCH3 is 1. The molecule has 2 N–H and O–H groups in total. The van der Waals surface area contributed by atoms with E-state index in [9.17, 15) is 13.2 Å². The van der Waals surface area contributed by atoms with Crippen molar-refractivity contribution in [2.24, 2.45) is 11.1 Å². The quantitative estimate of drug-likeness (QED) is 0.921. The lowest BCUT2D eigenvalue weighted by Gasteiger charge is -2.34. The van der Waals surface area contributed by atoms with Crippen molar-refractivity contribution in [2.75, 3.05) is 7.11 Å². The second-order valence-corrected chi connectivity index (χ2v) is 5.67. The van der Waals surface area contributed by atoms with Crippen LogP contribution >= 0.6 is 0 Å². The van der Waals surface area contributed by atoms with Gasteiger partial charge in [-0.15, -0.1) is 13.2 Å². The number of hydrogen-bond acceptors (Lipinski definition) is 3. The lowest BCUT2D eigenvalue weighted by Crippen LogP contribution is -2.38. The van der Waals surface area contributed by atoms with E-state index in [2.05, 4.69) is 4.74 Å². The van der Waals surface area contributed by atoms with Crippen molar-refractivity contribution in [1.82, 2.24) is 0 Å². The molecule has 2 atom stereocenters. The number of hydrogen-bond donors (Lipinski definition) is 1. The zero-order valence-corrected chi connectivity index (χ0v) is 12.0. The summed E-state index contributed by atoms with van der Waals surface area (Å²) in [4.78, 5) is 0. The molecule has 2 unspecified atom stereocenters. The molecule has 1 aromatic rings. The highest BCUT2D eigenvalue weighted by Crippen LogP contribution is 2.32. The molecule has 20 heavy (non-hydrogen) atoms. The van der Waals surface area contributed by atoms with Gasteiger partial charge in [0.05, 0.1) is 12.1 Å². The van der Waals surface area contributed by atoms with Gasteiger partial charge in [0.15, 0.2) is 0 Å². The summed E-state index contributed by atoms with van der Waals surface area (Å²) in [6.45, 7) is 5.87. The van der Waals surface area contributed by atoms with Crippen molar-refractivity contribution >= 4 is 0 Å². The van der Waals surface area contributed by atoms with Gasteiger partial charge in [-0.05, 0) is 23.1 Å². The molecule has 0 aliphatic rings. The van der Waals surface area contributed by atoms with Crippen molar-refractivity contribution in [3.8, 4) is 5.75 Å². The Morgan fingerprint density at radius 3 is 2.20 bits per heavy atom. The van der Waals surface area contributed by atoms with Crippen LogP contribution in [0.4, 0.5) is 13.2 Å². The largest absolute Gasteiger partial charge is 0.573 e. The molecule has 0 spiro atoms. The van der Waals surface area contributed by atoms with Crippen LogP contribution in [0, 0.1) is 5.41 Å². The summed E-state index contributed by atoms with van der Waals surface area (Å²) >= 11 is 0. The van der Waals surface area contributed by atoms with Gasteiger partial charge in [0.25, 0.3) is 0 Å². The highest BCUT2D eigenvalue weighted by atomic mass is 19.4. The number of benzene rings is 1. The fourth-order valence-electron chi connectivity index (χ4n) is 2.13. The zero-order valence-electron chi connectivity index (χ0n) is 12.0. The molecular formula is C14H20F3NO2. The lowest BCUT2D eigenvalue weighted by molar-refractivity contribution is -0.274. The normalized spacial score (nSPS) is 15.8. The van der Waals surface area contributed by atoms with Crippen molar-refractivity contribution in [2.45, 2.75) is 39.3 Å². The first kappa shape index (κ1) is 16.8. The maximum Gasteiger partial charge on any atom is 0.573 e. The summed E-state index contributed by atoms with van der Waals surface area (Å²) in [5.41, 5.74) is 6.40. The van der Waals surface area contributed by atoms with Gasteiger partial charge in [-0.25, -0.2) is 0 Å². The molecule has 1 aromatic carbocycles. The first-order chi connectivity index (χ1) is 9.04. The van der Waals surface area contributed by atoms with Crippen LogP contribution in [-0.4, -0.2) is 19.6 Å². The molecule has 6 heteroatoms. The summed E-state index contributed by atoms with van der Waals surface area (Å²) in [5.74, 6) is -0.283. The van der Waals surface area contributed by atoms with Crippen molar-refractivity contribution in [3.05, 3.63) is 29.8 Å². The first-order valence-corrected chi connectivity index (χ1v) is 6.18. The number of alkyl halides is 3. The Bertz CT molecular complexity index is 441. The summed E-state index contributed by atoms with van der Waals surface area (Å²) in [5, 5.41) is 0. The minimum absolute atomic E-state index is 0.241. The Balaban J connectivity index is 2.99. The van der Waals surface area contributed by atoms with Crippen LogP contribution in [-0.2, 0) is 4.74 Å². The van der Waals surface area contributed by atoms with Crippen molar-refractivity contribution in [1.29, 1.82) is 0 Å². The zero-order chi connectivity index (χ0) is 15.6. The molecule has 0 fully saturated rings. The number of nitrogens with two attached hydrogens (primary N) is 1. The van der Waals surface area contributed by atoms with E-state index < -0.39 is 12.4 Å². The second-order valence-electron chi connectivity index (χ2n) is 5.67. The monoisotopic (exact) mass is 291 g/mol.